The van der Waals surface area contributed by atoms with Crippen LogP contribution in [0, 0.1) is 11.8 Å². The molecule has 2 bridgehead atoms. The van der Waals surface area contributed by atoms with Gasteiger partial charge in [-0.05, 0) is 51.0 Å². The number of rotatable bonds is 6. The highest BCUT2D eigenvalue weighted by Crippen LogP contribution is 2.44. The van der Waals surface area contributed by atoms with Crippen molar-refractivity contribution in [3.8, 4) is 0 Å². The second kappa shape index (κ2) is 5.13. The first kappa shape index (κ1) is 10.4. The highest BCUT2D eigenvalue weighted by Gasteiger charge is 2.38. The van der Waals surface area contributed by atoms with Crippen LogP contribution in [0.15, 0.2) is 0 Å². The van der Waals surface area contributed by atoms with Crippen molar-refractivity contribution in [2.75, 3.05) is 19.8 Å². The lowest BCUT2D eigenvalue weighted by molar-refractivity contribution is 0.143. The van der Waals surface area contributed by atoms with Gasteiger partial charge in [0.15, 0.2) is 0 Å². The molecule has 2 aliphatic carbocycles. The molecule has 2 rings (SSSR count). The van der Waals surface area contributed by atoms with Crippen molar-refractivity contribution in [3.63, 3.8) is 0 Å². The largest absolute Gasteiger partial charge is 0.382 e. The Morgan fingerprint density at radius 2 is 2.21 bits per heavy atom. The van der Waals surface area contributed by atoms with Gasteiger partial charge in [-0.1, -0.05) is 6.42 Å². The average Bonchev–Trinajstić information content (AvgIpc) is 2.79. The molecular formula is C12H23NO. The maximum atomic E-state index is 5.32. The molecule has 14 heavy (non-hydrogen) atoms. The van der Waals surface area contributed by atoms with Crippen LogP contribution in [0.25, 0.3) is 0 Å². The number of hydrogen-bond donors (Lipinski definition) is 1. The number of nitrogens with one attached hydrogen (secondary N) is 1. The number of hydrogen-bond acceptors (Lipinski definition) is 2. The van der Waals surface area contributed by atoms with Crippen LogP contribution in [-0.2, 0) is 4.74 Å². The Balaban J connectivity index is 1.54. The molecule has 0 aromatic heterocycles. The van der Waals surface area contributed by atoms with E-state index in [0.717, 1.165) is 37.6 Å². The van der Waals surface area contributed by atoms with Crippen LogP contribution < -0.4 is 5.32 Å². The first-order valence-electron chi connectivity index (χ1n) is 6.21. The topological polar surface area (TPSA) is 21.3 Å². The summed E-state index contributed by atoms with van der Waals surface area (Å²) in [6, 6.07) is 0.843. The molecule has 0 amide bonds. The summed E-state index contributed by atoms with van der Waals surface area (Å²) in [6.45, 7) is 4.98. The molecule has 2 aliphatic rings. The van der Waals surface area contributed by atoms with Gasteiger partial charge < -0.3 is 10.1 Å². The van der Waals surface area contributed by atoms with Gasteiger partial charge in [-0.3, -0.25) is 0 Å². The molecule has 0 unspecified atom stereocenters. The van der Waals surface area contributed by atoms with Gasteiger partial charge in [0.05, 0.1) is 0 Å². The molecule has 2 nitrogen and oxygen atoms in total. The lowest BCUT2D eigenvalue weighted by Crippen LogP contribution is -2.34. The fraction of sp³-hybridized carbons (Fsp3) is 1.00. The van der Waals surface area contributed by atoms with E-state index < -0.39 is 0 Å². The van der Waals surface area contributed by atoms with E-state index in [4.69, 9.17) is 4.74 Å². The van der Waals surface area contributed by atoms with Gasteiger partial charge in [0.2, 0.25) is 0 Å². The number of ether oxygens (including phenoxy) is 1. The lowest BCUT2D eigenvalue weighted by atomic mass is 9.95. The predicted octanol–water partition coefficient (Wildman–Crippen LogP) is 2.19. The molecule has 0 aliphatic heterocycles. The van der Waals surface area contributed by atoms with Crippen molar-refractivity contribution in [1.29, 1.82) is 0 Å². The van der Waals surface area contributed by atoms with Crippen LogP contribution in [0.3, 0.4) is 0 Å². The first-order chi connectivity index (χ1) is 6.90. The zero-order chi connectivity index (χ0) is 9.80. The van der Waals surface area contributed by atoms with Crippen LogP contribution in [0.5, 0.6) is 0 Å². The number of fused-ring (bicyclic) bond motifs is 2. The van der Waals surface area contributed by atoms with E-state index in [9.17, 15) is 0 Å². The molecule has 0 radical (unpaired) electrons. The summed E-state index contributed by atoms with van der Waals surface area (Å²) in [5.74, 6) is 2.07. The van der Waals surface area contributed by atoms with E-state index in [-0.39, 0.29) is 0 Å². The SMILES string of the molecule is CCOCCCN[C@H]1C[C@H]2CC[C@H]1C2. The molecule has 0 saturated heterocycles. The van der Waals surface area contributed by atoms with Crippen molar-refractivity contribution >= 4 is 0 Å². The third kappa shape index (κ3) is 2.48. The molecule has 1 N–H and O–H groups in total. The fourth-order valence-corrected chi connectivity index (χ4v) is 3.10. The van der Waals surface area contributed by atoms with Gasteiger partial charge in [0, 0.05) is 19.3 Å². The third-order valence-electron chi connectivity index (χ3n) is 3.81. The zero-order valence-electron chi connectivity index (χ0n) is 9.30. The maximum Gasteiger partial charge on any atom is 0.0477 e. The molecule has 0 aromatic rings. The van der Waals surface area contributed by atoms with Gasteiger partial charge in [-0.25, -0.2) is 0 Å². The van der Waals surface area contributed by atoms with E-state index in [2.05, 4.69) is 12.2 Å². The van der Waals surface area contributed by atoms with Crippen LogP contribution in [0.2, 0.25) is 0 Å². The first-order valence-corrected chi connectivity index (χ1v) is 6.21. The average molecular weight is 197 g/mol. The molecule has 0 spiro atoms. The Hall–Kier alpha value is -0.0800. The summed E-state index contributed by atoms with van der Waals surface area (Å²) < 4.78 is 5.32. The molecular weight excluding hydrogens is 174 g/mol. The molecule has 2 heteroatoms. The van der Waals surface area contributed by atoms with Gasteiger partial charge >= 0.3 is 0 Å². The molecule has 0 heterocycles. The van der Waals surface area contributed by atoms with Crippen LogP contribution >= 0.6 is 0 Å². The van der Waals surface area contributed by atoms with Gasteiger partial charge in [-0.2, -0.15) is 0 Å². The molecule has 2 fully saturated rings. The van der Waals surface area contributed by atoms with Crippen molar-refractivity contribution in [2.24, 2.45) is 11.8 Å². The van der Waals surface area contributed by atoms with Crippen molar-refractivity contribution in [2.45, 2.75) is 45.1 Å². The van der Waals surface area contributed by atoms with Crippen LogP contribution in [-0.4, -0.2) is 25.8 Å². The van der Waals surface area contributed by atoms with Crippen molar-refractivity contribution in [3.05, 3.63) is 0 Å². The summed E-state index contributed by atoms with van der Waals surface area (Å²) in [4.78, 5) is 0. The highest BCUT2D eigenvalue weighted by molar-refractivity contribution is 4.93. The molecule has 2 saturated carbocycles. The summed E-state index contributed by atoms with van der Waals surface area (Å²) in [6.07, 6.45) is 7.10. The summed E-state index contributed by atoms with van der Waals surface area (Å²) in [7, 11) is 0. The third-order valence-corrected chi connectivity index (χ3v) is 3.81. The van der Waals surface area contributed by atoms with Gasteiger partial charge in [-0.15, -0.1) is 0 Å². The summed E-state index contributed by atoms with van der Waals surface area (Å²) in [5, 5.41) is 3.69. The minimum atomic E-state index is 0.843. The maximum absolute atomic E-state index is 5.32. The summed E-state index contributed by atoms with van der Waals surface area (Å²) in [5.41, 5.74) is 0. The minimum Gasteiger partial charge on any atom is -0.382 e. The minimum absolute atomic E-state index is 0.843. The smallest absolute Gasteiger partial charge is 0.0477 e. The fourth-order valence-electron chi connectivity index (χ4n) is 3.10. The second-order valence-corrected chi connectivity index (χ2v) is 4.79. The van der Waals surface area contributed by atoms with Crippen molar-refractivity contribution in [1.82, 2.24) is 5.32 Å². The van der Waals surface area contributed by atoms with Gasteiger partial charge in [0.25, 0.3) is 0 Å². The van der Waals surface area contributed by atoms with Crippen molar-refractivity contribution < 1.29 is 4.74 Å². The summed E-state index contributed by atoms with van der Waals surface area (Å²) >= 11 is 0. The van der Waals surface area contributed by atoms with E-state index in [1.54, 1.807) is 0 Å². The molecule has 82 valence electrons. The van der Waals surface area contributed by atoms with E-state index in [0.29, 0.717) is 0 Å². The monoisotopic (exact) mass is 197 g/mol. The van der Waals surface area contributed by atoms with E-state index >= 15 is 0 Å². The Morgan fingerprint density at radius 1 is 1.29 bits per heavy atom. The van der Waals surface area contributed by atoms with Crippen LogP contribution in [0.1, 0.15) is 39.0 Å². The highest BCUT2D eigenvalue weighted by atomic mass is 16.5. The quantitative estimate of drug-likeness (QED) is 0.659. The predicted molar refractivity (Wildman–Crippen MR) is 58.3 cm³/mol. The van der Waals surface area contributed by atoms with E-state index in [1.807, 2.05) is 0 Å². The standard InChI is InChI=1S/C12H23NO/c1-2-14-7-3-6-13-12-9-10-4-5-11(12)8-10/h10-13H,2-9H2,1H3/t10-,11-,12-/m0/s1. The Labute approximate surface area is 87.4 Å². The second-order valence-electron chi connectivity index (χ2n) is 4.79. The lowest BCUT2D eigenvalue weighted by Gasteiger charge is -2.22. The Morgan fingerprint density at radius 3 is 2.86 bits per heavy atom. The Bertz CT molecular complexity index is 172. The molecule has 3 atom stereocenters. The molecule has 0 aromatic carbocycles. The van der Waals surface area contributed by atoms with Gasteiger partial charge in [0.1, 0.15) is 0 Å². The normalized spacial score (nSPS) is 35.4. The van der Waals surface area contributed by atoms with E-state index in [1.165, 1.54) is 32.1 Å². The Kier molecular flexibility index (Phi) is 3.82. The van der Waals surface area contributed by atoms with Crippen LogP contribution in [0.4, 0.5) is 0 Å². The zero-order valence-corrected chi connectivity index (χ0v) is 9.30.